The van der Waals surface area contributed by atoms with Crippen LogP contribution in [-0.4, -0.2) is 18.1 Å². The second-order valence-electron chi connectivity index (χ2n) is 5.35. The first kappa shape index (κ1) is 12.7. The second-order valence-corrected chi connectivity index (χ2v) is 6.55. The Kier molecular flexibility index (Phi) is 4.29. The fourth-order valence-electron chi connectivity index (χ4n) is 1.38. The summed E-state index contributed by atoms with van der Waals surface area (Å²) in [5.41, 5.74) is 0.337. The average molecular weight is 226 g/mol. The molecule has 0 aliphatic carbocycles. The van der Waals surface area contributed by atoms with Crippen LogP contribution in [0.1, 0.15) is 37.6 Å². The lowest BCUT2D eigenvalue weighted by Gasteiger charge is -2.15. The van der Waals surface area contributed by atoms with E-state index < -0.39 is 0 Å². The fraction of sp³-hybridized carbons (Fsp3) is 0.750. The van der Waals surface area contributed by atoms with E-state index >= 15 is 0 Å². The van der Waals surface area contributed by atoms with E-state index in [4.69, 9.17) is 0 Å². The third-order valence-electron chi connectivity index (χ3n) is 2.28. The van der Waals surface area contributed by atoms with Crippen LogP contribution in [0.3, 0.4) is 0 Å². The van der Waals surface area contributed by atoms with Gasteiger partial charge >= 0.3 is 0 Å². The van der Waals surface area contributed by atoms with Crippen LogP contribution in [0.4, 0.5) is 0 Å². The molecule has 0 fully saturated rings. The Hall–Kier alpha value is -0.410. The van der Waals surface area contributed by atoms with Crippen LogP contribution in [0.15, 0.2) is 6.20 Å². The molecule has 1 aromatic rings. The first-order chi connectivity index (χ1) is 6.90. The molecule has 0 aliphatic heterocycles. The Morgan fingerprint density at radius 2 is 2.13 bits per heavy atom. The van der Waals surface area contributed by atoms with Crippen LogP contribution in [0, 0.1) is 5.41 Å². The maximum absolute atomic E-state index is 4.48. The van der Waals surface area contributed by atoms with Gasteiger partial charge in [-0.25, -0.2) is 4.98 Å². The Balaban J connectivity index is 2.56. The molecular weight excluding hydrogens is 204 g/mol. The number of hydrogen-bond donors (Lipinski definition) is 1. The molecule has 1 aromatic heterocycles. The number of rotatable bonds is 4. The van der Waals surface area contributed by atoms with Gasteiger partial charge in [0.15, 0.2) is 0 Å². The average Bonchev–Trinajstić information content (AvgIpc) is 2.49. The summed E-state index contributed by atoms with van der Waals surface area (Å²) in [7, 11) is 2.00. The van der Waals surface area contributed by atoms with E-state index in [-0.39, 0.29) is 0 Å². The second kappa shape index (κ2) is 5.08. The Bertz CT molecular complexity index is 299. The van der Waals surface area contributed by atoms with Crippen molar-refractivity contribution in [2.45, 2.75) is 46.6 Å². The molecule has 0 saturated carbocycles. The third-order valence-corrected chi connectivity index (χ3v) is 3.30. The zero-order chi connectivity index (χ0) is 11.5. The molecular formula is C12H22N2S. The molecule has 0 aliphatic rings. The van der Waals surface area contributed by atoms with Crippen LogP contribution in [0.5, 0.6) is 0 Å². The first-order valence-electron chi connectivity index (χ1n) is 5.51. The number of aromatic nitrogens is 1. The SMILES string of the molecule is CNC(C)Cc1cnc(CC(C)(C)C)s1. The summed E-state index contributed by atoms with van der Waals surface area (Å²) in [5.74, 6) is 0. The van der Waals surface area contributed by atoms with E-state index in [2.05, 4.69) is 38.0 Å². The lowest BCUT2D eigenvalue weighted by atomic mass is 9.93. The van der Waals surface area contributed by atoms with Crippen molar-refractivity contribution in [3.63, 3.8) is 0 Å². The largest absolute Gasteiger partial charge is 0.317 e. The molecule has 3 heteroatoms. The van der Waals surface area contributed by atoms with E-state index in [1.165, 1.54) is 9.88 Å². The lowest BCUT2D eigenvalue weighted by molar-refractivity contribution is 0.410. The van der Waals surface area contributed by atoms with Gasteiger partial charge in [0, 0.05) is 23.5 Å². The lowest BCUT2D eigenvalue weighted by Crippen LogP contribution is -2.22. The van der Waals surface area contributed by atoms with Crippen molar-refractivity contribution >= 4 is 11.3 Å². The number of nitrogens with zero attached hydrogens (tertiary/aromatic N) is 1. The Morgan fingerprint density at radius 1 is 1.47 bits per heavy atom. The third kappa shape index (κ3) is 4.76. The summed E-state index contributed by atoms with van der Waals surface area (Å²) in [6.45, 7) is 8.96. The molecule has 0 amide bonds. The standard InChI is InChI=1S/C12H22N2S/c1-9(13-5)6-10-8-14-11(15-10)7-12(2,3)4/h8-9,13H,6-7H2,1-5H3. The van der Waals surface area contributed by atoms with Crippen LogP contribution >= 0.6 is 11.3 Å². The van der Waals surface area contributed by atoms with E-state index in [0.717, 1.165) is 12.8 Å². The molecule has 86 valence electrons. The first-order valence-corrected chi connectivity index (χ1v) is 6.33. The van der Waals surface area contributed by atoms with Crippen LogP contribution in [0.25, 0.3) is 0 Å². The fourth-order valence-corrected chi connectivity index (χ4v) is 2.73. The van der Waals surface area contributed by atoms with E-state index in [0.29, 0.717) is 11.5 Å². The summed E-state index contributed by atoms with van der Waals surface area (Å²) < 4.78 is 0. The molecule has 1 unspecified atom stereocenters. The molecule has 1 rings (SSSR count). The summed E-state index contributed by atoms with van der Waals surface area (Å²) in [6.07, 6.45) is 4.18. The molecule has 0 aromatic carbocycles. The minimum Gasteiger partial charge on any atom is -0.317 e. The molecule has 0 bridgehead atoms. The zero-order valence-electron chi connectivity index (χ0n) is 10.4. The zero-order valence-corrected chi connectivity index (χ0v) is 11.2. The number of nitrogens with one attached hydrogen (secondary N) is 1. The monoisotopic (exact) mass is 226 g/mol. The van der Waals surface area contributed by atoms with Gasteiger partial charge in [0.25, 0.3) is 0 Å². The van der Waals surface area contributed by atoms with Crippen molar-refractivity contribution in [2.24, 2.45) is 5.41 Å². The topological polar surface area (TPSA) is 24.9 Å². The highest BCUT2D eigenvalue weighted by Crippen LogP contribution is 2.24. The van der Waals surface area contributed by atoms with Gasteiger partial charge in [-0.3, -0.25) is 0 Å². The Morgan fingerprint density at radius 3 is 2.67 bits per heavy atom. The van der Waals surface area contributed by atoms with E-state index in [1.54, 1.807) is 0 Å². The maximum Gasteiger partial charge on any atom is 0.0932 e. The van der Waals surface area contributed by atoms with E-state index in [1.807, 2.05) is 24.6 Å². The molecule has 15 heavy (non-hydrogen) atoms. The summed E-state index contributed by atoms with van der Waals surface area (Å²) in [4.78, 5) is 5.86. The maximum atomic E-state index is 4.48. The Labute approximate surface area is 97.1 Å². The molecule has 1 atom stereocenters. The van der Waals surface area contributed by atoms with Crippen molar-refractivity contribution in [3.8, 4) is 0 Å². The van der Waals surface area contributed by atoms with Crippen molar-refractivity contribution in [1.82, 2.24) is 10.3 Å². The van der Waals surface area contributed by atoms with Gasteiger partial charge in [-0.1, -0.05) is 20.8 Å². The smallest absolute Gasteiger partial charge is 0.0932 e. The van der Waals surface area contributed by atoms with Gasteiger partial charge in [0.2, 0.25) is 0 Å². The summed E-state index contributed by atoms with van der Waals surface area (Å²) in [6, 6.07) is 0.535. The highest BCUT2D eigenvalue weighted by atomic mass is 32.1. The molecule has 0 radical (unpaired) electrons. The van der Waals surface area contributed by atoms with Gasteiger partial charge in [-0.05, 0) is 25.8 Å². The van der Waals surface area contributed by atoms with Crippen LogP contribution in [-0.2, 0) is 12.8 Å². The highest BCUT2D eigenvalue weighted by molar-refractivity contribution is 7.11. The van der Waals surface area contributed by atoms with Crippen molar-refractivity contribution in [1.29, 1.82) is 0 Å². The van der Waals surface area contributed by atoms with Crippen molar-refractivity contribution in [2.75, 3.05) is 7.05 Å². The van der Waals surface area contributed by atoms with Crippen molar-refractivity contribution < 1.29 is 0 Å². The van der Waals surface area contributed by atoms with Crippen LogP contribution in [0.2, 0.25) is 0 Å². The summed E-state index contributed by atoms with van der Waals surface area (Å²) in [5, 5.41) is 4.51. The minimum absolute atomic E-state index is 0.337. The van der Waals surface area contributed by atoms with E-state index in [9.17, 15) is 0 Å². The molecule has 2 nitrogen and oxygen atoms in total. The van der Waals surface area contributed by atoms with Crippen molar-refractivity contribution in [3.05, 3.63) is 16.1 Å². The van der Waals surface area contributed by atoms with Crippen LogP contribution < -0.4 is 5.32 Å². The molecule has 1 heterocycles. The number of thiazole rings is 1. The summed E-state index contributed by atoms with van der Waals surface area (Å²) >= 11 is 1.85. The quantitative estimate of drug-likeness (QED) is 0.854. The van der Waals surface area contributed by atoms with Gasteiger partial charge in [0.05, 0.1) is 5.01 Å². The molecule has 1 N–H and O–H groups in total. The number of likely N-dealkylation sites (N-methyl/N-ethyl adjacent to an activating group) is 1. The normalized spacial score (nSPS) is 14.2. The van der Waals surface area contributed by atoms with Gasteiger partial charge in [0.1, 0.15) is 0 Å². The van der Waals surface area contributed by atoms with Gasteiger partial charge in [-0.2, -0.15) is 0 Å². The highest BCUT2D eigenvalue weighted by Gasteiger charge is 2.14. The minimum atomic E-state index is 0.337. The predicted molar refractivity (Wildman–Crippen MR) is 67.5 cm³/mol. The van der Waals surface area contributed by atoms with Gasteiger partial charge < -0.3 is 5.32 Å². The van der Waals surface area contributed by atoms with Gasteiger partial charge in [-0.15, -0.1) is 11.3 Å². The molecule has 0 saturated heterocycles. The number of hydrogen-bond acceptors (Lipinski definition) is 3. The predicted octanol–water partition coefficient (Wildman–Crippen LogP) is 2.88. The molecule has 0 spiro atoms.